The van der Waals surface area contributed by atoms with Gasteiger partial charge in [0.25, 0.3) is 5.95 Å². The number of hydrogen-bond donors (Lipinski definition) is 1. The highest BCUT2D eigenvalue weighted by atomic mass is 35.5. The molecule has 3 rings (SSSR count). The molecular formula is C18H20ClN5O2. The van der Waals surface area contributed by atoms with Crippen LogP contribution in [0, 0.1) is 0 Å². The average Bonchev–Trinajstić information content (AvgIpc) is 3.14. The summed E-state index contributed by atoms with van der Waals surface area (Å²) in [6.45, 7) is 3.52. The fourth-order valence-corrected chi connectivity index (χ4v) is 2.51. The molecule has 0 saturated heterocycles. The van der Waals surface area contributed by atoms with Crippen molar-refractivity contribution in [3.8, 4) is 11.5 Å². The van der Waals surface area contributed by atoms with E-state index in [1.165, 1.54) is 4.80 Å². The molecule has 3 aromatic rings. The zero-order chi connectivity index (χ0) is 18.4. The zero-order valence-corrected chi connectivity index (χ0v) is 15.4. The van der Waals surface area contributed by atoms with E-state index in [9.17, 15) is 0 Å². The smallest absolute Gasteiger partial charge is 0.263 e. The lowest BCUT2D eigenvalue weighted by Crippen LogP contribution is -2.06. The van der Waals surface area contributed by atoms with E-state index in [1.807, 2.05) is 49.4 Å². The van der Waals surface area contributed by atoms with E-state index in [0.29, 0.717) is 42.2 Å². The number of tetrazole rings is 1. The molecule has 0 atom stereocenters. The number of rotatable bonds is 8. The van der Waals surface area contributed by atoms with Gasteiger partial charge in [-0.3, -0.25) is 0 Å². The first kappa shape index (κ1) is 18.0. The van der Waals surface area contributed by atoms with Gasteiger partial charge in [-0.2, -0.15) is 4.80 Å². The minimum absolute atomic E-state index is 0.412. The lowest BCUT2D eigenvalue weighted by atomic mass is 10.1. The number of ether oxygens (including phenoxy) is 2. The molecule has 0 unspecified atom stereocenters. The zero-order valence-electron chi connectivity index (χ0n) is 14.6. The quantitative estimate of drug-likeness (QED) is 0.651. The molecule has 0 spiro atoms. The van der Waals surface area contributed by atoms with Crippen molar-refractivity contribution < 1.29 is 9.47 Å². The Balaban J connectivity index is 1.73. The second-order valence-corrected chi connectivity index (χ2v) is 5.96. The van der Waals surface area contributed by atoms with Crippen molar-refractivity contribution in [3.05, 3.63) is 58.6 Å². The summed E-state index contributed by atoms with van der Waals surface area (Å²) in [7, 11) is 1.62. The van der Waals surface area contributed by atoms with Crippen LogP contribution in [0.2, 0.25) is 5.02 Å². The molecule has 0 bridgehead atoms. The van der Waals surface area contributed by atoms with Gasteiger partial charge in [0.05, 0.1) is 13.7 Å². The van der Waals surface area contributed by atoms with E-state index in [-0.39, 0.29) is 0 Å². The van der Waals surface area contributed by atoms with Crippen LogP contribution in [0.4, 0.5) is 5.95 Å². The SMILES string of the molecule is CCn1nnc(NCc2cccc(OC)c2OCc2ccc(Cl)cc2)n1. The van der Waals surface area contributed by atoms with Crippen LogP contribution in [0.25, 0.3) is 0 Å². The molecule has 0 fully saturated rings. The van der Waals surface area contributed by atoms with E-state index in [1.54, 1.807) is 7.11 Å². The summed E-state index contributed by atoms with van der Waals surface area (Å²) in [4.78, 5) is 1.52. The minimum Gasteiger partial charge on any atom is -0.493 e. The van der Waals surface area contributed by atoms with Crippen molar-refractivity contribution >= 4 is 17.5 Å². The van der Waals surface area contributed by atoms with Crippen LogP contribution in [0.1, 0.15) is 18.1 Å². The van der Waals surface area contributed by atoms with Crippen LogP contribution >= 0.6 is 11.6 Å². The summed E-state index contributed by atoms with van der Waals surface area (Å²) in [6.07, 6.45) is 0. The largest absolute Gasteiger partial charge is 0.493 e. The Morgan fingerprint density at radius 1 is 1.15 bits per heavy atom. The molecule has 0 radical (unpaired) electrons. The number of anilines is 1. The molecule has 8 heteroatoms. The Morgan fingerprint density at radius 3 is 2.65 bits per heavy atom. The van der Waals surface area contributed by atoms with Gasteiger partial charge in [0.2, 0.25) is 0 Å². The van der Waals surface area contributed by atoms with Gasteiger partial charge in [0.15, 0.2) is 11.5 Å². The first-order valence-electron chi connectivity index (χ1n) is 8.24. The van der Waals surface area contributed by atoms with Crippen LogP contribution in [0.15, 0.2) is 42.5 Å². The second-order valence-electron chi connectivity index (χ2n) is 5.52. The van der Waals surface area contributed by atoms with Crippen LogP contribution in [-0.2, 0) is 19.7 Å². The Kier molecular flexibility index (Phi) is 5.91. The highest BCUT2D eigenvalue weighted by Gasteiger charge is 2.12. The summed E-state index contributed by atoms with van der Waals surface area (Å²) in [5.74, 6) is 1.82. The number of halogens is 1. The number of para-hydroxylation sites is 1. The van der Waals surface area contributed by atoms with Crippen molar-refractivity contribution in [1.82, 2.24) is 20.2 Å². The Morgan fingerprint density at radius 2 is 1.96 bits per heavy atom. The molecule has 1 aromatic heterocycles. The van der Waals surface area contributed by atoms with Gasteiger partial charge in [-0.25, -0.2) is 0 Å². The number of methoxy groups -OCH3 is 1. The Hall–Kier alpha value is -2.80. The number of aryl methyl sites for hydroxylation is 1. The number of aromatic nitrogens is 4. The second kappa shape index (κ2) is 8.53. The third-order valence-corrected chi connectivity index (χ3v) is 4.00. The summed E-state index contributed by atoms with van der Waals surface area (Å²) in [5, 5.41) is 16.0. The predicted molar refractivity (Wildman–Crippen MR) is 99.6 cm³/mol. The van der Waals surface area contributed by atoms with Gasteiger partial charge >= 0.3 is 0 Å². The average molecular weight is 374 g/mol. The number of benzene rings is 2. The van der Waals surface area contributed by atoms with Crippen molar-refractivity contribution in [2.24, 2.45) is 0 Å². The summed E-state index contributed by atoms with van der Waals surface area (Å²) < 4.78 is 11.5. The maximum absolute atomic E-state index is 6.03. The maximum Gasteiger partial charge on any atom is 0.263 e. The lowest BCUT2D eigenvalue weighted by molar-refractivity contribution is 0.281. The number of nitrogens with one attached hydrogen (secondary N) is 1. The van der Waals surface area contributed by atoms with Crippen molar-refractivity contribution in [3.63, 3.8) is 0 Å². The van der Waals surface area contributed by atoms with Crippen LogP contribution in [0.5, 0.6) is 11.5 Å². The van der Waals surface area contributed by atoms with Crippen molar-refractivity contribution in [1.29, 1.82) is 0 Å². The fraction of sp³-hybridized carbons (Fsp3) is 0.278. The standard InChI is InChI=1S/C18H20ClN5O2/c1-3-24-22-18(21-23-24)20-11-14-5-4-6-16(25-2)17(14)26-12-13-7-9-15(19)10-8-13/h4-10H,3,11-12H2,1-2H3,(H,20,22). The van der Waals surface area contributed by atoms with Gasteiger partial charge in [0.1, 0.15) is 6.61 Å². The third kappa shape index (κ3) is 4.43. The molecule has 0 saturated carbocycles. The molecule has 1 heterocycles. The van der Waals surface area contributed by atoms with E-state index in [0.717, 1.165) is 11.1 Å². The highest BCUT2D eigenvalue weighted by molar-refractivity contribution is 6.30. The molecule has 0 aliphatic carbocycles. The fourth-order valence-electron chi connectivity index (χ4n) is 2.38. The van der Waals surface area contributed by atoms with Gasteiger partial charge in [-0.15, -0.1) is 5.10 Å². The van der Waals surface area contributed by atoms with E-state index < -0.39 is 0 Å². The monoisotopic (exact) mass is 373 g/mol. The number of nitrogens with zero attached hydrogens (tertiary/aromatic N) is 4. The molecule has 2 aromatic carbocycles. The van der Waals surface area contributed by atoms with E-state index in [2.05, 4.69) is 20.7 Å². The molecule has 0 aliphatic rings. The summed E-state index contributed by atoms with van der Waals surface area (Å²) in [6, 6.07) is 13.3. The van der Waals surface area contributed by atoms with E-state index >= 15 is 0 Å². The minimum atomic E-state index is 0.412. The van der Waals surface area contributed by atoms with Crippen molar-refractivity contribution in [2.45, 2.75) is 26.6 Å². The molecule has 0 amide bonds. The topological polar surface area (TPSA) is 74.1 Å². The lowest BCUT2D eigenvalue weighted by Gasteiger charge is -2.15. The van der Waals surface area contributed by atoms with Gasteiger partial charge in [-0.05, 0) is 35.9 Å². The van der Waals surface area contributed by atoms with Crippen LogP contribution < -0.4 is 14.8 Å². The molecule has 0 aliphatic heterocycles. The first-order valence-corrected chi connectivity index (χ1v) is 8.62. The van der Waals surface area contributed by atoms with Gasteiger partial charge in [0, 0.05) is 17.1 Å². The highest BCUT2D eigenvalue weighted by Crippen LogP contribution is 2.32. The summed E-state index contributed by atoms with van der Waals surface area (Å²) >= 11 is 5.93. The molecule has 1 N–H and O–H groups in total. The molecule has 7 nitrogen and oxygen atoms in total. The molecular weight excluding hydrogens is 354 g/mol. The Labute approximate surface area is 156 Å². The maximum atomic E-state index is 6.03. The van der Waals surface area contributed by atoms with Crippen LogP contribution in [-0.4, -0.2) is 27.3 Å². The van der Waals surface area contributed by atoms with Gasteiger partial charge < -0.3 is 14.8 Å². The van der Waals surface area contributed by atoms with E-state index in [4.69, 9.17) is 21.1 Å². The normalized spacial score (nSPS) is 10.6. The predicted octanol–water partition coefficient (Wildman–Crippen LogP) is 3.55. The first-order chi connectivity index (χ1) is 12.7. The number of hydrogen-bond acceptors (Lipinski definition) is 6. The van der Waals surface area contributed by atoms with Crippen LogP contribution in [0.3, 0.4) is 0 Å². The third-order valence-electron chi connectivity index (χ3n) is 3.75. The molecule has 136 valence electrons. The van der Waals surface area contributed by atoms with Crippen molar-refractivity contribution in [2.75, 3.05) is 12.4 Å². The summed E-state index contributed by atoms with van der Waals surface area (Å²) in [5.41, 5.74) is 1.96. The Bertz CT molecular complexity index is 851. The molecule has 26 heavy (non-hydrogen) atoms. The van der Waals surface area contributed by atoms with Gasteiger partial charge in [-0.1, -0.05) is 41.0 Å².